The highest BCUT2D eigenvalue weighted by Gasteiger charge is 2.17. The number of alkyl carbamates (subject to hydrolysis) is 1. The second-order valence-corrected chi connectivity index (χ2v) is 5.67. The van der Waals surface area contributed by atoms with Crippen LogP contribution in [-0.2, 0) is 23.1 Å². The summed E-state index contributed by atoms with van der Waals surface area (Å²) in [6, 6.07) is 1.98. The van der Waals surface area contributed by atoms with Crippen LogP contribution in [0.3, 0.4) is 0 Å². The molecule has 1 amide bonds. The standard InChI is InChI=1S/C16H20N4O3/c1-20-9-15(8-19-20)14-4-13(5-17-7-14)6-18-16(21)23-11-12-2-3-22-10-12/h4-5,7-9,12H,2-3,6,10-11H2,1H3,(H,18,21). The number of nitrogens with one attached hydrogen (secondary N) is 1. The predicted octanol–water partition coefficient (Wildman–Crippen LogP) is 1.74. The first-order valence-corrected chi connectivity index (χ1v) is 7.62. The molecule has 1 fully saturated rings. The van der Waals surface area contributed by atoms with Crippen molar-refractivity contribution >= 4 is 6.09 Å². The fraction of sp³-hybridized carbons (Fsp3) is 0.438. The zero-order valence-corrected chi connectivity index (χ0v) is 13.1. The van der Waals surface area contributed by atoms with E-state index >= 15 is 0 Å². The number of aromatic nitrogens is 3. The Labute approximate surface area is 134 Å². The van der Waals surface area contributed by atoms with Crippen LogP contribution in [0.5, 0.6) is 0 Å². The number of ether oxygens (including phenoxy) is 2. The van der Waals surface area contributed by atoms with Gasteiger partial charge in [0.05, 0.1) is 19.4 Å². The molecule has 1 N–H and O–H groups in total. The largest absolute Gasteiger partial charge is 0.449 e. The third kappa shape index (κ3) is 4.29. The zero-order chi connectivity index (χ0) is 16.1. The molecule has 1 aliphatic rings. The third-order valence-electron chi connectivity index (χ3n) is 3.74. The second-order valence-electron chi connectivity index (χ2n) is 5.67. The Hall–Kier alpha value is -2.41. The molecule has 0 saturated carbocycles. The van der Waals surface area contributed by atoms with Crippen LogP contribution in [-0.4, -0.2) is 40.7 Å². The van der Waals surface area contributed by atoms with E-state index in [1.165, 1.54) is 0 Å². The van der Waals surface area contributed by atoms with Gasteiger partial charge in [-0.2, -0.15) is 5.10 Å². The first-order valence-electron chi connectivity index (χ1n) is 7.62. The number of hydrogen-bond acceptors (Lipinski definition) is 5. The van der Waals surface area contributed by atoms with Crippen molar-refractivity contribution in [3.05, 3.63) is 36.4 Å². The van der Waals surface area contributed by atoms with Gasteiger partial charge < -0.3 is 14.8 Å². The van der Waals surface area contributed by atoms with Crippen molar-refractivity contribution < 1.29 is 14.3 Å². The zero-order valence-electron chi connectivity index (χ0n) is 13.1. The highest BCUT2D eigenvalue weighted by atomic mass is 16.6. The molecule has 2 aromatic rings. The maximum absolute atomic E-state index is 11.7. The maximum atomic E-state index is 11.7. The molecular formula is C16H20N4O3. The fourth-order valence-corrected chi connectivity index (χ4v) is 2.45. The van der Waals surface area contributed by atoms with Gasteiger partial charge in [0.1, 0.15) is 0 Å². The van der Waals surface area contributed by atoms with Crippen molar-refractivity contribution in [3.63, 3.8) is 0 Å². The van der Waals surface area contributed by atoms with Crippen LogP contribution < -0.4 is 5.32 Å². The highest BCUT2D eigenvalue weighted by molar-refractivity contribution is 5.67. The highest BCUT2D eigenvalue weighted by Crippen LogP contribution is 2.18. The second kappa shape index (κ2) is 7.23. The molecule has 1 atom stereocenters. The lowest BCUT2D eigenvalue weighted by Gasteiger charge is -2.10. The van der Waals surface area contributed by atoms with Crippen molar-refractivity contribution in [2.75, 3.05) is 19.8 Å². The summed E-state index contributed by atoms with van der Waals surface area (Å²) < 4.78 is 12.2. The lowest BCUT2D eigenvalue weighted by Crippen LogP contribution is -2.26. The van der Waals surface area contributed by atoms with Crippen molar-refractivity contribution in [2.24, 2.45) is 13.0 Å². The average Bonchev–Trinajstić information content (AvgIpc) is 3.23. The molecule has 1 aliphatic heterocycles. The smallest absolute Gasteiger partial charge is 0.407 e. The van der Waals surface area contributed by atoms with E-state index in [0.29, 0.717) is 25.7 Å². The summed E-state index contributed by atoms with van der Waals surface area (Å²) in [5.41, 5.74) is 2.87. The van der Waals surface area contributed by atoms with E-state index in [4.69, 9.17) is 9.47 Å². The molecule has 0 radical (unpaired) electrons. The van der Waals surface area contributed by atoms with Crippen LogP contribution in [0.25, 0.3) is 11.1 Å². The van der Waals surface area contributed by atoms with Gasteiger partial charge in [0.25, 0.3) is 0 Å². The summed E-state index contributed by atoms with van der Waals surface area (Å²) in [7, 11) is 1.87. The Kier molecular flexibility index (Phi) is 4.87. The molecule has 1 unspecified atom stereocenters. The Morgan fingerprint density at radius 2 is 2.35 bits per heavy atom. The summed E-state index contributed by atoms with van der Waals surface area (Å²) in [4.78, 5) is 15.9. The van der Waals surface area contributed by atoms with E-state index in [1.54, 1.807) is 23.3 Å². The molecule has 3 heterocycles. The van der Waals surface area contributed by atoms with Crippen LogP contribution in [0.4, 0.5) is 4.79 Å². The lowest BCUT2D eigenvalue weighted by molar-refractivity contribution is 0.116. The number of aryl methyl sites for hydroxylation is 1. The molecule has 0 bridgehead atoms. The number of pyridine rings is 1. The summed E-state index contributed by atoms with van der Waals surface area (Å²) in [6.45, 7) is 2.20. The van der Waals surface area contributed by atoms with Gasteiger partial charge in [0, 0.05) is 55.8 Å². The third-order valence-corrected chi connectivity index (χ3v) is 3.74. The monoisotopic (exact) mass is 316 g/mol. The Balaban J connectivity index is 1.50. The SMILES string of the molecule is Cn1cc(-c2cncc(CNC(=O)OCC3CCOC3)c2)cn1. The van der Waals surface area contributed by atoms with Gasteiger partial charge in [-0.3, -0.25) is 9.67 Å². The van der Waals surface area contributed by atoms with E-state index in [1.807, 2.05) is 19.3 Å². The van der Waals surface area contributed by atoms with Crippen molar-refractivity contribution in [1.29, 1.82) is 0 Å². The molecule has 2 aromatic heterocycles. The van der Waals surface area contributed by atoms with Gasteiger partial charge >= 0.3 is 6.09 Å². The number of hydrogen-bond donors (Lipinski definition) is 1. The summed E-state index contributed by atoms with van der Waals surface area (Å²) >= 11 is 0. The maximum Gasteiger partial charge on any atom is 0.407 e. The lowest BCUT2D eigenvalue weighted by atomic mass is 10.1. The normalized spacial score (nSPS) is 17.2. The topological polar surface area (TPSA) is 78.3 Å². The molecule has 7 nitrogen and oxygen atoms in total. The van der Waals surface area contributed by atoms with E-state index in [0.717, 1.165) is 29.7 Å². The van der Waals surface area contributed by atoms with Crippen LogP contribution in [0, 0.1) is 5.92 Å². The minimum atomic E-state index is -0.413. The van der Waals surface area contributed by atoms with Crippen molar-refractivity contribution in [3.8, 4) is 11.1 Å². The van der Waals surface area contributed by atoms with Gasteiger partial charge in [-0.05, 0) is 18.1 Å². The van der Waals surface area contributed by atoms with Crippen LogP contribution in [0.1, 0.15) is 12.0 Å². The van der Waals surface area contributed by atoms with Crippen molar-refractivity contribution in [2.45, 2.75) is 13.0 Å². The minimum Gasteiger partial charge on any atom is -0.449 e. The van der Waals surface area contributed by atoms with Gasteiger partial charge in [0.2, 0.25) is 0 Å². The summed E-state index contributed by atoms with van der Waals surface area (Å²) in [5.74, 6) is 0.316. The Bertz CT molecular complexity index is 665. The average molecular weight is 316 g/mol. The number of carbonyl (C=O) groups excluding carboxylic acids is 1. The van der Waals surface area contributed by atoms with Gasteiger partial charge in [-0.15, -0.1) is 0 Å². The number of nitrogens with zero attached hydrogens (tertiary/aromatic N) is 3. The molecule has 122 valence electrons. The summed E-state index contributed by atoms with van der Waals surface area (Å²) in [6.07, 6.45) is 7.75. The van der Waals surface area contributed by atoms with E-state index in [2.05, 4.69) is 15.4 Å². The number of amides is 1. The van der Waals surface area contributed by atoms with Gasteiger partial charge in [0.15, 0.2) is 0 Å². The molecule has 0 aromatic carbocycles. The van der Waals surface area contributed by atoms with Crippen LogP contribution in [0.15, 0.2) is 30.9 Å². The molecule has 0 spiro atoms. The Morgan fingerprint density at radius 3 is 3.09 bits per heavy atom. The summed E-state index contributed by atoms with van der Waals surface area (Å²) in [5, 5.41) is 6.89. The van der Waals surface area contributed by atoms with Crippen LogP contribution >= 0.6 is 0 Å². The van der Waals surface area contributed by atoms with Crippen LogP contribution in [0.2, 0.25) is 0 Å². The molecule has 7 heteroatoms. The molecule has 3 rings (SSSR count). The van der Waals surface area contributed by atoms with E-state index in [-0.39, 0.29) is 0 Å². The van der Waals surface area contributed by atoms with Crippen molar-refractivity contribution in [1.82, 2.24) is 20.1 Å². The molecule has 1 saturated heterocycles. The molecule has 23 heavy (non-hydrogen) atoms. The van der Waals surface area contributed by atoms with E-state index < -0.39 is 6.09 Å². The number of carbonyl (C=O) groups is 1. The first kappa shape index (κ1) is 15.5. The molecular weight excluding hydrogens is 296 g/mol. The number of rotatable bonds is 5. The minimum absolute atomic E-state index is 0.316. The Morgan fingerprint density at radius 1 is 1.43 bits per heavy atom. The first-order chi connectivity index (χ1) is 11.2. The fourth-order valence-electron chi connectivity index (χ4n) is 2.45. The van der Waals surface area contributed by atoms with Gasteiger partial charge in [-0.25, -0.2) is 4.79 Å². The van der Waals surface area contributed by atoms with Gasteiger partial charge in [-0.1, -0.05) is 0 Å². The van der Waals surface area contributed by atoms with E-state index in [9.17, 15) is 4.79 Å². The predicted molar refractivity (Wildman–Crippen MR) is 83.6 cm³/mol. The quantitative estimate of drug-likeness (QED) is 0.909. The molecule has 0 aliphatic carbocycles.